The van der Waals surface area contributed by atoms with Crippen LogP contribution in [-0.4, -0.2) is 18.8 Å². The zero-order valence-electron chi connectivity index (χ0n) is 6.39. The molecule has 1 N–H and O–H groups in total. The van der Waals surface area contributed by atoms with E-state index in [0.29, 0.717) is 6.61 Å². The molecule has 58 valence electrons. The van der Waals surface area contributed by atoms with Gasteiger partial charge in [0, 0.05) is 6.21 Å². The van der Waals surface area contributed by atoms with Crippen LogP contribution in [0, 0.1) is 11.3 Å². The van der Waals surface area contributed by atoms with Gasteiger partial charge in [0.25, 0.3) is 0 Å². The highest BCUT2D eigenvalue weighted by molar-refractivity contribution is 5.88. The molecule has 0 aromatic carbocycles. The maximum absolute atomic E-state index is 10.8. The predicted molar refractivity (Wildman–Crippen MR) is 39.2 cm³/mol. The third-order valence-electron chi connectivity index (χ3n) is 1.07. The Labute approximate surface area is 60.9 Å². The van der Waals surface area contributed by atoms with Gasteiger partial charge in [0.05, 0.1) is 12.5 Å². The molecule has 0 spiro atoms. The molecule has 0 amide bonds. The Morgan fingerprint density at radius 2 is 2.40 bits per heavy atom. The molecular formula is C7H13NO2. The molecule has 0 aliphatic rings. The van der Waals surface area contributed by atoms with Crippen molar-refractivity contribution in [2.75, 3.05) is 6.61 Å². The summed E-state index contributed by atoms with van der Waals surface area (Å²) in [5.74, 6) is -0.705. The average molecular weight is 143 g/mol. The second-order valence-electron chi connectivity index (χ2n) is 2.12. The molecule has 0 saturated carbocycles. The molecule has 0 rings (SSSR count). The average Bonchev–Trinajstić information content (AvgIpc) is 1.98. The molecule has 1 atom stereocenters. The third kappa shape index (κ3) is 3.22. The van der Waals surface area contributed by atoms with Gasteiger partial charge in [-0.15, -0.1) is 0 Å². The molecule has 3 nitrogen and oxygen atoms in total. The van der Waals surface area contributed by atoms with Gasteiger partial charge in [-0.2, -0.15) is 0 Å². The Bertz CT molecular complexity index is 123. The van der Waals surface area contributed by atoms with E-state index in [-0.39, 0.29) is 5.97 Å². The zero-order valence-corrected chi connectivity index (χ0v) is 6.39. The highest BCUT2D eigenvalue weighted by Crippen LogP contribution is 1.94. The van der Waals surface area contributed by atoms with Gasteiger partial charge >= 0.3 is 5.97 Å². The van der Waals surface area contributed by atoms with Crippen molar-refractivity contribution in [3.8, 4) is 0 Å². The number of hydrogen-bond donors (Lipinski definition) is 1. The summed E-state index contributed by atoms with van der Waals surface area (Å²) < 4.78 is 4.75. The van der Waals surface area contributed by atoms with Crippen LogP contribution in [0.4, 0.5) is 0 Å². The summed E-state index contributed by atoms with van der Waals surface area (Å²) in [7, 11) is 0. The van der Waals surface area contributed by atoms with E-state index in [1.54, 1.807) is 6.92 Å². The molecule has 0 aliphatic carbocycles. The minimum atomic E-state index is -0.397. The lowest BCUT2D eigenvalue weighted by molar-refractivity contribution is -0.145. The Morgan fingerprint density at radius 1 is 1.80 bits per heavy atom. The second-order valence-corrected chi connectivity index (χ2v) is 2.12. The number of carbonyl (C=O) groups is 1. The van der Waals surface area contributed by atoms with Gasteiger partial charge in [0.1, 0.15) is 0 Å². The van der Waals surface area contributed by atoms with Crippen molar-refractivity contribution in [3.05, 3.63) is 0 Å². The molecule has 0 saturated heterocycles. The summed E-state index contributed by atoms with van der Waals surface area (Å²) in [5, 5.41) is 6.75. The van der Waals surface area contributed by atoms with Crippen LogP contribution in [0.25, 0.3) is 0 Å². The van der Waals surface area contributed by atoms with Crippen molar-refractivity contribution >= 4 is 12.2 Å². The van der Waals surface area contributed by atoms with Crippen LogP contribution in [0.15, 0.2) is 0 Å². The number of ether oxygens (including phenoxy) is 1. The van der Waals surface area contributed by atoms with Gasteiger partial charge in [-0.05, 0) is 13.3 Å². The number of rotatable bonds is 4. The maximum Gasteiger partial charge on any atom is 0.314 e. The van der Waals surface area contributed by atoms with E-state index >= 15 is 0 Å². The van der Waals surface area contributed by atoms with E-state index in [2.05, 4.69) is 0 Å². The predicted octanol–water partition coefficient (Wildman–Crippen LogP) is 1.23. The van der Waals surface area contributed by atoms with Gasteiger partial charge in [-0.3, -0.25) is 4.79 Å². The third-order valence-corrected chi connectivity index (χ3v) is 1.07. The lowest BCUT2D eigenvalue weighted by Gasteiger charge is -2.04. The molecule has 1 unspecified atom stereocenters. The Balaban J connectivity index is 3.51. The Hall–Kier alpha value is -0.860. The molecule has 10 heavy (non-hydrogen) atoms. The molecule has 0 fully saturated rings. The van der Waals surface area contributed by atoms with E-state index in [0.717, 1.165) is 12.6 Å². The van der Waals surface area contributed by atoms with Crippen LogP contribution in [0.2, 0.25) is 0 Å². The topological polar surface area (TPSA) is 50.2 Å². The van der Waals surface area contributed by atoms with Gasteiger partial charge < -0.3 is 10.1 Å². The number of esters is 1. The van der Waals surface area contributed by atoms with Crippen molar-refractivity contribution in [1.29, 1.82) is 5.41 Å². The maximum atomic E-state index is 10.8. The first-order valence-electron chi connectivity index (χ1n) is 3.39. The standard InChI is InChI=1S/C7H13NO2/c1-3-4-10-7(9)6(2)5-8/h5-6,8H,3-4H2,1-2H3. The largest absolute Gasteiger partial charge is 0.465 e. The summed E-state index contributed by atoms with van der Waals surface area (Å²) in [6.45, 7) is 4.03. The summed E-state index contributed by atoms with van der Waals surface area (Å²) >= 11 is 0. The monoisotopic (exact) mass is 143 g/mol. The van der Waals surface area contributed by atoms with Crippen molar-refractivity contribution in [3.63, 3.8) is 0 Å². The van der Waals surface area contributed by atoms with Crippen LogP contribution in [0.5, 0.6) is 0 Å². The molecule has 0 heterocycles. The summed E-state index contributed by atoms with van der Waals surface area (Å²) in [6, 6.07) is 0. The fourth-order valence-electron chi connectivity index (χ4n) is 0.402. The minimum Gasteiger partial charge on any atom is -0.465 e. The second kappa shape index (κ2) is 4.97. The Morgan fingerprint density at radius 3 is 2.80 bits per heavy atom. The van der Waals surface area contributed by atoms with Crippen molar-refractivity contribution in [1.82, 2.24) is 0 Å². The lowest BCUT2D eigenvalue weighted by Crippen LogP contribution is -2.15. The van der Waals surface area contributed by atoms with E-state index < -0.39 is 5.92 Å². The lowest BCUT2D eigenvalue weighted by atomic mass is 10.2. The molecule has 3 heteroatoms. The van der Waals surface area contributed by atoms with Crippen LogP contribution in [-0.2, 0) is 9.53 Å². The summed E-state index contributed by atoms with van der Waals surface area (Å²) in [4.78, 5) is 10.8. The molecular weight excluding hydrogens is 130 g/mol. The highest BCUT2D eigenvalue weighted by atomic mass is 16.5. The quantitative estimate of drug-likeness (QED) is 0.475. The zero-order chi connectivity index (χ0) is 7.98. The van der Waals surface area contributed by atoms with Crippen molar-refractivity contribution in [2.45, 2.75) is 20.3 Å². The summed E-state index contributed by atoms with van der Waals surface area (Å²) in [5.41, 5.74) is 0. The SMILES string of the molecule is CCCOC(=O)C(C)C=N. The van der Waals surface area contributed by atoms with Crippen LogP contribution >= 0.6 is 0 Å². The fraction of sp³-hybridized carbons (Fsp3) is 0.714. The van der Waals surface area contributed by atoms with Gasteiger partial charge in [-0.25, -0.2) is 0 Å². The van der Waals surface area contributed by atoms with E-state index in [9.17, 15) is 4.79 Å². The van der Waals surface area contributed by atoms with Crippen LogP contribution < -0.4 is 0 Å². The molecule has 0 aliphatic heterocycles. The number of hydrogen-bond acceptors (Lipinski definition) is 3. The van der Waals surface area contributed by atoms with Crippen LogP contribution in [0.3, 0.4) is 0 Å². The molecule has 0 bridgehead atoms. The first kappa shape index (κ1) is 9.14. The molecule has 0 aromatic heterocycles. The molecule has 0 aromatic rings. The van der Waals surface area contributed by atoms with E-state index in [1.165, 1.54) is 0 Å². The summed E-state index contributed by atoms with van der Waals surface area (Å²) in [6.07, 6.45) is 1.91. The number of carbonyl (C=O) groups excluding carboxylic acids is 1. The normalized spacial score (nSPS) is 12.2. The van der Waals surface area contributed by atoms with Gasteiger partial charge in [0.2, 0.25) is 0 Å². The fourth-order valence-corrected chi connectivity index (χ4v) is 0.402. The van der Waals surface area contributed by atoms with Crippen molar-refractivity contribution < 1.29 is 9.53 Å². The first-order chi connectivity index (χ1) is 4.72. The highest BCUT2D eigenvalue weighted by Gasteiger charge is 2.09. The van der Waals surface area contributed by atoms with Crippen LogP contribution in [0.1, 0.15) is 20.3 Å². The Kier molecular flexibility index (Phi) is 4.54. The smallest absolute Gasteiger partial charge is 0.314 e. The minimum absolute atomic E-state index is 0.308. The van der Waals surface area contributed by atoms with E-state index in [1.807, 2.05) is 6.92 Å². The van der Waals surface area contributed by atoms with Gasteiger partial charge in [-0.1, -0.05) is 6.92 Å². The van der Waals surface area contributed by atoms with E-state index in [4.69, 9.17) is 10.1 Å². The van der Waals surface area contributed by atoms with Crippen molar-refractivity contribution in [2.24, 2.45) is 5.92 Å². The first-order valence-corrected chi connectivity index (χ1v) is 3.39. The molecule has 0 radical (unpaired) electrons. The number of nitrogens with one attached hydrogen (secondary N) is 1. The van der Waals surface area contributed by atoms with Gasteiger partial charge in [0.15, 0.2) is 0 Å².